The summed E-state index contributed by atoms with van der Waals surface area (Å²) in [4.78, 5) is 22.2. The zero-order valence-corrected chi connectivity index (χ0v) is 9.77. The van der Waals surface area contributed by atoms with Crippen LogP contribution in [0.3, 0.4) is 0 Å². The summed E-state index contributed by atoms with van der Waals surface area (Å²) in [7, 11) is 0. The number of carboxylic acid groups (broad SMARTS) is 1. The summed E-state index contributed by atoms with van der Waals surface area (Å²) in [5.74, 6) is -1.13. The lowest BCUT2D eigenvalue weighted by atomic mass is 10.0. The summed E-state index contributed by atoms with van der Waals surface area (Å²) in [6.07, 6.45) is 0.369. The van der Waals surface area contributed by atoms with Crippen LogP contribution in [-0.2, 0) is 9.59 Å². The number of amides is 1. The van der Waals surface area contributed by atoms with E-state index in [-0.39, 0.29) is 18.2 Å². The number of carbonyl (C=O) groups is 2. The van der Waals surface area contributed by atoms with Crippen molar-refractivity contribution in [2.45, 2.75) is 45.3 Å². The van der Waals surface area contributed by atoms with Gasteiger partial charge in [0.1, 0.15) is 6.04 Å². The molecule has 0 aliphatic rings. The average Bonchev–Trinajstić information content (AvgIpc) is 2.12. The van der Waals surface area contributed by atoms with Crippen molar-refractivity contribution in [3.05, 3.63) is 0 Å². The number of nitrogens with two attached hydrogens (primary N) is 2. The first-order chi connectivity index (χ1) is 7.32. The molecule has 0 aliphatic heterocycles. The van der Waals surface area contributed by atoms with E-state index >= 15 is 0 Å². The maximum Gasteiger partial charge on any atom is 0.326 e. The third-order valence-electron chi connectivity index (χ3n) is 2.05. The number of hydrogen-bond acceptors (Lipinski definition) is 4. The first kappa shape index (κ1) is 14.9. The monoisotopic (exact) mass is 231 g/mol. The topological polar surface area (TPSA) is 118 Å². The van der Waals surface area contributed by atoms with Crippen LogP contribution >= 0.6 is 0 Å². The van der Waals surface area contributed by atoms with Crippen molar-refractivity contribution in [1.82, 2.24) is 5.32 Å². The van der Waals surface area contributed by atoms with Crippen LogP contribution in [0.15, 0.2) is 0 Å². The van der Waals surface area contributed by atoms with Gasteiger partial charge in [0.05, 0.1) is 6.17 Å². The van der Waals surface area contributed by atoms with E-state index in [1.54, 1.807) is 0 Å². The Hall–Kier alpha value is -1.14. The maximum absolute atomic E-state index is 11.4. The van der Waals surface area contributed by atoms with E-state index < -0.39 is 18.2 Å². The summed E-state index contributed by atoms with van der Waals surface area (Å²) >= 11 is 0. The largest absolute Gasteiger partial charge is 0.480 e. The van der Waals surface area contributed by atoms with E-state index in [0.29, 0.717) is 12.8 Å². The van der Waals surface area contributed by atoms with Gasteiger partial charge < -0.3 is 21.9 Å². The minimum atomic E-state index is -1.01. The molecule has 1 amide bonds. The van der Waals surface area contributed by atoms with Gasteiger partial charge in [-0.3, -0.25) is 4.79 Å². The van der Waals surface area contributed by atoms with E-state index in [1.807, 2.05) is 13.8 Å². The zero-order valence-electron chi connectivity index (χ0n) is 9.77. The normalized spacial score (nSPS) is 12.9. The minimum Gasteiger partial charge on any atom is -0.480 e. The summed E-state index contributed by atoms with van der Waals surface area (Å²) in [5, 5.41) is 11.3. The van der Waals surface area contributed by atoms with Crippen molar-refractivity contribution in [3.63, 3.8) is 0 Å². The predicted molar refractivity (Wildman–Crippen MR) is 60.4 cm³/mol. The highest BCUT2D eigenvalue weighted by atomic mass is 16.4. The molecule has 0 aromatic rings. The van der Waals surface area contributed by atoms with Gasteiger partial charge in [-0.1, -0.05) is 13.8 Å². The van der Waals surface area contributed by atoms with Gasteiger partial charge in [0.25, 0.3) is 0 Å². The second-order valence-electron chi connectivity index (χ2n) is 4.29. The Bertz CT molecular complexity index is 241. The summed E-state index contributed by atoms with van der Waals surface area (Å²) in [6, 6.07) is -0.832. The molecular weight excluding hydrogens is 210 g/mol. The average molecular weight is 231 g/mol. The van der Waals surface area contributed by atoms with E-state index in [2.05, 4.69) is 5.32 Å². The molecule has 0 aliphatic carbocycles. The Balaban J connectivity index is 4.08. The second-order valence-corrected chi connectivity index (χ2v) is 4.29. The standard InChI is InChI=1S/C10H21N3O3/c1-6(2)5-7(10(15)16)13-9(14)4-3-8(11)12/h6-8H,3-5,11-12H2,1-2H3,(H,13,14)(H,15,16)/t7-/m0/s1. The van der Waals surface area contributed by atoms with Gasteiger partial charge in [0.15, 0.2) is 0 Å². The van der Waals surface area contributed by atoms with Crippen LogP contribution in [0.2, 0.25) is 0 Å². The number of aliphatic carboxylic acids is 1. The van der Waals surface area contributed by atoms with Crippen molar-refractivity contribution in [2.75, 3.05) is 0 Å². The number of carboxylic acids is 1. The van der Waals surface area contributed by atoms with Crippen LogP contribution in [0.4, 0.5) is 0 Å². The molecule has 0 radical (unpaired) electrons. The predicted octanol–water partition coefficient (Wildman–Crippen LogP) is -0.374. The van der Waals surface area contributed by atoms with Gasteiger partial charge in [0, 0.05) is 6.42 Å². The fourth-order valence-corrected chi connectivity index (χ4v) is 1.26. The fraction of sp³-hybridized carbons (Fsp3) is 0.800. The quantitative estimate of drug-likeness (QED) is 0.446. The molecule has 6 heteroatoms. The van der Waals surface area contributed by atoms with Gasteiger partial charge in [-0.25, -0.2) is 4.79 Å². The molecule has 0 rings (SSSR count). The Morgan fingerprint density at radius 2 is 1.88 bits per heavy atom. The molecule has 0 aromatic carbocycles. The highest BCUT2D eigenvalue weighted by Crippen LogP contribution is 2.05. The SMILES string of the molecule is CC(C)C[C@H](NC(=O)CCC(N)N)C(=O)O. The molecule has 0 unspecified atom stereocenters. The van der Waals surface area contributed by atoms with Gasteiger partial charge in [-0.05, 0) is 18.8 Å². The van der Waals surface area contributed by atoms with Crippen LogP contribution in [-0.4, -0.2) is 29.2 Å². The van der Waals surface area contributed by atoms with Crippen LogP contribution in [0.5, 0.6) is 0 Å². The molecule has 0 aromatic heterocycles. The summed E-state index contributed by atoms with van der Waals surface area (Å²) in [6.45, 7) is 3.80. The second kappa shape index (κ2) is 7.19. The number of hydrogen-bond donors (Lipinski definition) is 4. The molecule has 1 atom stereocenters. The van der Waals surface area contributed by atoms with Crippen LogP contribution < -0.4 is 16.8 Å². The molecule has 0 fully saturated rings. The van der Waals surface area contributed by atoms with Crippen LogP contribution in [0.25, 0.3) is 0 Å². The number of rotatable bonds is 7. The third kappa shape index (κ3) is 7.19. The molecule has 0 heterocycles. The molecule has 0 saturated carbocycles. The minimum absolute atomic E-state index is 0.152. The molecule has 0 spiro atoms. The van der Waals surface area contributed by atoms with Gasteiger partial charge in [0.2, 0.25) is 5.91 Å². The Morgan fingerprint density at radius 3 is 2.25 bits per heavy atom. The van der Waals surface area contributed by atoms with Crippen molar-refractivity contribution < 1.29 is 14.7 Å². The summed E-state index contributed by atoms with van der Waals surface area (Å²) < 4.78 is 0. The van der Waals surface area contributed by atoms with E-state index in [4.69, 9.17) is 16.6 Å². The zero-order chi connectivity index (χ0) is 12.7. The molecule has 0 saturated heterocycles. The smallest absolute Gasteiger partial charge is 0.326 e. The molecule has 0 bridgehead atoms. The van der Waals surface area contributed by atoms with E-state index in [0.717, 1.165) is 0 Å². The lowest BCUT2D eigenvalue weighted by molar-refractivity contribution is -0.142. The van der Waals surface area contributed by atoms with Crippen molar-refractivity contribution in [2.24, 2.45) is 17.4 Å². The van der Waals surface area contributed by atoms with Crippen LogP contribution in [0.1, 0.15) is 33.1 Å². The first-order valence-corrected chi connectivity index (χ1v) is 5.36. The molecule has 94 valence electrons. The van der Waals surface area contributed by atoms with Crippen LogP contribution in [0, 0.1) is 5.92 Å². The number of carbonyl (C=O) groups excluding carboxylic acids is 1. The highest BCUT2D eigenvalue weighted by molar-refractivity contribution is 5.83. The first-order valence-electron chi connectivity index (χ1n) is 5.36. The fourth-order valence-electron chi connectivity index (χ4n) is 1.26. The summed E-state index contributed by atoms with van der Waals surface area (Å²) in [5.41, 5.74) is 10.6. The Kier molecular flexibility index (Phi) is 6.67. The Labute approximate surface area is 95.4 Å². The number of nitrogens with one attached hydrogen (secondary N) is 1. The van der Waals surface area contributed by atoms with Gasteiger partial charge in [-0.2, -0.15) is 0 Å². The van der Waals surface area contributed by atoms with E-state index in [1.165, 1.54) is 0 Å². The molecule has 16 heavy (non-hydrogen) atoms. The van der Waals surface area contributed by atoms with E-state index in [9.17, 15) is 9.59 Å². The highest BCUT2D eigenvalue weighted by Gasteiger charge is 2.20. The lowest BCUT2D eigenvalue weighted by Gasteiger charge is -2.16. The lowest BCUT2D eigenvalue weighted by Crippen LogP contribution is -2.42. The van der Waals surface area contributed by atoms with Gasteiger partial charge >= 0.3 is 5.97 Å². The van der Waals surface area contributed by atoms with Crippen molar-refractivity contribution in [1.29, 1.82) is 0 Å². The van der Waals surface area contributed by atoms with Crippen molar-refractivity contribution in [3.8, 4) is 0 Å². The van der Waals surface area contributed by atoms with Crippen molar-refractivity contribution >= 4 is 11.9 Å². The molecule has 6 N–H and O–H groups in total. The molecule has 6 nitrogen and oxygen atoms in total. The third-order valence-corrected chi connectivity index (χ3v) is 2.05. The van der Waals surface area contributed by atoms with Gasteiger partial charge in [-0.15, -0.1) is 0 Å². The maximum atomic E-state index is 11.4. The molecular formula is C10H21N3O3. The Morgan fingerprint density at radius 1 is 1.31 bits per heavy atom.